The highest BCUT2D eigenvalue weighted by Gasteiger charge is 2.06. The fraction of sp³-hybridized carbons (Fsp3) is 0.167. The van der Waals surface area contributed by atoms with E-state index in [0.717, 1.165) is 12.1 Å². The molecule has 1 amide bonds. The zero-order valence-electron chi connectivity index (χ0n) is 9.43. The summed E-state index contributed by atoms with van der Waals surface area (Å²) in [7, 11) is 0. The van der Waals surface area contributed by atoms with Gasteiger partial charge >= 0.3 is 0 Å². The molecule has 0 unspecified atom stereocenters. The molecule has 0 aliphatic carbocycles. The van der Waals surface area contributed by atoms with Gasteiger partial charge in [0, 0.05) is 5.69 Å². The van der Waals surface area contributed by atoms with E-state index >= 15 is 0 Å². The van der Waals surface area contributed by atoms with Crippen LogP contribution >= 0.6 is 11.3 Å². The van der Waals surface area contributed by atoms with Gasteiger partial charge in [0.15, 0.2) is 5.13 Å². The van der Waals surface area contributed by atoms with Crippen LogP contribution in [0.5, 0.6) is 0 Å². The average molecular weight is 247 g/mol. The first-order valence-corrected chi connectivity index (χ1v) is 6.12. The molecule has 0 atom stereocenters. The summed E-state index contributed by atoms with van der Waals surface area (Å²) in [6, 6.07) is 8.08. The van der Waals surface area contributed by atoms with Crippen molar-refractivity contribution in [3.8, 4) is 0 Å². The first kappa shape index (κ1) is 11.6. The van der Waals surface area contributed by atoms with E-state index in [9.17, 15) is 4.79 Å². The lowest BCUT2D eigenvalue weighted by Crippen LogP contribution is -2.08. The third-order valence-corrected chi connectivity index (χ3v) is 3.26. The zero-order valence-corrected chi connectivity index (χ0v) is 10.3. The van der Waals surface area contributed by atoms with Crippen LogP contribution in [0.15, 0.2) is 30.5 Å². The Morgan fingerprint density at radius 3 is 3.00 bits per heavy atom. The number of benzene rings is 1. The summed E-state index contributed by atoms with van der Waals surface area (Å²) < 4.78 is 0. The second-order valence-electron chi connectivity index (χ2n) is 3.57. The molecular formula is C12H13N3OS. The Labute approximate surface area is 103 Å². The Bertz CT molecular complexity index is 536. The van der Waals surface area contributed by atoms with Gasteiger partial charge in [-0.25, -0.2) is 4.98 Å². The number of anilines is 2. The molecular weight excluding hydrogens is 234 g/mol. The maximum Gasteiger partial charge on any atom is 0.260 e. The molecule has 0 saturated heterocycles. The Morgan fingerprint density at radius 1 is 1.53 bits per heavy atom. The standard InChI is InChI=1S/C12H13N3OS/c1-2-8-4-3-5-9(6-8)15-12-14-7-10(17-12)11(13)16/h3-7H,2H2,1H3,(H2,13,16)(H,14,15). The summed E-state index contributed by atoms with van der Waals surface area (Å²) in [5.74, 6) is -0.446. The molecule has 2 rings (SSSR count). The number of carbonyl (C=O) groups excluding carboxylic acids is 1. The Balaban J connectivity index is 2.16. The maximum atomic E-state index is 10.9. The minimum absolute atomic E-state index is 0.446. The number of hydrogen-bond donors (Lipinski definition) is 2. The third-order valence-electron chi connectivity index (χ3n) is 2.34. The predicted octanol–water partition coefficient (Wildman–Crippen LogP) is 2.55. The van der Waals surface area contributed by atoms with E-state index in [1.165, 1.54) is 23.1 Å². The van der Waals surface area contributed by atoms with Crippen molar-refractivity contribution in [2.45, 2.75) is 13.3 Å². The second kappa shape index (κ2) is 4.97. The molecule has 0 saturated carbocycles. The SMILES string of the molecule is CCc1cccc(Nc2ncc(C(N)=O)s2)c1. The van der Waals surface area contributed by atoms with Crippen LogP contribution in [0.1, 0.15) is 22.2 Å². The number of aryl methyl sites for hydroxylation is 1. The number of carbonyl (C=O) groups is 1. The van der Waals surface area contributed by atoms with Gasteiger partial charge in [-0.1, -0.05) is 30.4 Å². The smallest absolute Gasteiger partial charge is 0.260 e. The number of rotatable bonds is 4. The van der Waals surface area contributed by atoms with Crippen LogP contribution in [0.2, 0.25) is 0 Å². The van der Waals surface area contributed by atoms with Crippen LogP contribution in [0.4, 0.5) is 10.8 Å². The van der Waals surface area contributed by atoms with Crippen molar-refractivity contribution >= 4 is 28.1 Å². The lowest BCUT2D eigenvalue weighted by atomic mass is 10.1. The van der Waals surface area contributed by atoms with Gasteiger partial charge in [-0.05, 0) is 24.1 Å². The summed E-state index contributed by atoms with van der Waals surface area (Å²) in [5.41, 5.74) is 7.39. The number of hydrogen-bond acceptors (Lipinski definition) is 4. The van der Waals surface area contributed by atoms with Crippen molar-refractivity contribution in [1.82, 2.24) is 4.98 Å². The van der Waals surface area contributed by atoms with Crippen LogP contribution < -0.4 is 11.1 Å². The van der Waals surface area contributed by atoms with Crippen molar-refractivity contribution in [1.29, 1.82) is 0 Å². The Morgan fingerprint density at radius 2 is 2.35 bits per heavy atom. The van der Waals surface area contributed by atoms with Crippen LogP contribution in [-0.4, -0.2) is 10.9 Å². The molecule has 0 aliphatic rings. The van der Waals surface area contributed by atoms with Crippen molar-refractivity contribution in [3.63, 3.8) is 0 Å². The summed E-state index contributed by atoms with van der Waals surface area (Å²) in [6.45, 7) is 2.10. The highest BCUT2D eigenvalue weighted by molar-refractivity contribution is 7.17. The molecule has 2 aromatic rings. The molecule has 1 heterocycles. The summed E-state index contributed by atoms with van der Waals surface area (Å²) in [4.78, 5) is 15.5. The molecule has 17 heavy (non-hydrogen) atoms. The van der Waals surface area contributed by atoms with Crippen LogP contribution in [0, 0.1) is 0 Å². The highest BCUT2D eigenvalue weighted by Crippen LogP contribution is 2.22. The quantitative estimate of drug-likeness (QED) is 0.872. The van der Waals surface area contributed by atoms with Crippen LogP contribution in [-0.2, 0) is 6.42 Å². The number of amides is 1. The molecule has 1 aromatic carbocycles. The lowest BCUT2D eigenvalue weighted by Gasteiger charge is -2.03. The van der Waals surface area contributed by atoms with E-state index in [0.29, 0.717) is 10.0 Å². The van der Waals surface area contributed by atoms with E-state index in [1.54, 1.807) is 0 Å². The van der Waals surface area contributed by atoms with Crippen molar-refractivity contribution in [2.75, 3.05) is 5.32 Å². The number of nitrogens with one attached hydrogen (secondary N) is 1. The molecule has 0 radical (unpaired) electrons. The Kier molecular flexibility index (Phi) is 3.39. The van der Waals surface area contributed by atoms with Crippen molar-refractivity contribution in [2.24, 2.45) is 5.73 Å². The van der Waals surface area contributed by atoms with Gasteiger partial charge in [0.25, 0.3) is 5.91 Å². The van der Waals surface area contributed by atoms with Gasteiger partial charge in [-0.2, -0.15) is 0 Å². The molecule has 0 spiro atoms. The molecule has 5 heteroatoms. The van der Waals surface area contributed by atoms with E-state index in [1.807, 2.05) is 12.1 Å². The molecule has 0 bridgehead atoms. The summed E-state index contributed by atoms with van der Waals surface area (Å²) in [5, 5.41) is 3.83. The zero-order chi connectivity index (χ0) is 12.3. The predicted molar refractivity (Wildman–Crippen MR) is 69.7 cm³/mol. The molecule has 4 nitrogen and oxygen atoms in total. The number of primary amides is 1. The van der Waals surface area contributed by atoms with Gasteiger partial charge in [0.05, 0.1) is 6.20 Å². The number of thiazole rings is 1. The van der Waals surface area contributed by atoms with E-state index in [2.05, 4.69) is 29.4 Å². The summed E-state index contributed by atoms with van der Waals surface area (Å²) in [6.07, 6.45) is 2.47. The lowest BCUT2D eigenvalue weighted by molar-refractivity contribution is 0.100. The first-order valence-electron chi connectivity index (χ1n) is 5.30. The molecule has 88 valence electrons. The molecule has 0 aliphatic heterocycles. The van der Waals surface area contributed by atoms with Gasteiger partial charge in [0.1, 0.15) is 4.88 Å². The van der Waals surface area contributed by atoms with Gasteiger partial charge in [-0.15, -0.1) is 0 Å². The number of aromatic nitrogens is 1. The minimum atomic E-state index is -0.446. The van der Waals surface area contributed by atoms with Crippen molar-refractivity contribution in [3.05, 3.63) is 40.9 Å². The van der Waals surface area contributed by atoms with Gasteiger partial charge < -0.3 is 11.1 Å². The average Bonchev–Trinajstić information content (AvgIpc) is 2.78. The number of nitrogens with zero attached hydrogens (tertiary/aromatic N) is 1. The normalized spacial score (nSPS) is 10.2. The van der Waals surface area contributed by atoms with E-state index in [-0.39, 0.29) is 0 Å². The second-order valence-corrected chi connectivity index (χ2v) is 4.60. The minimum Gasteiger partial charge on any atom is -0.365 e. The topological polar surface area (TPSA) is 68.0 Å². The fourth-order valence-corrected chi connectivity index (χ4v) is 2.13. The number of nitrogens with two attached hydrogens (primary N) is 1. The van der Waals surface area contributed by atoms with E-state index in [4.69, 9.17) is 5.73 Å². The monoisotopic (exact) mass is 247 g/mol. The van der Waals surface area contributed by atoms with E-state index < -0.39 is 5.91 Å². The van der Waals surface area contributed by atoms with Gasteiger partial charge in [-0.3, -0.25) is 4.79 Å². The summed E-state index contributed by atoms with van der Waals surface area (Å²) >= 11 is 1.25. The molecule has 0 fully saturated rings. The fourth-order valence-electron chi connectivity index (χ4n) is 1.44. The molecule has 1 aromatic heterocycles. The highest BCUT2D eigenvalue weighted by atomic mass is 32.1. The van der Waals surface area contributed by atoms with Gasteiger partial charge in [0.2, 0.25) is 0 Å². The Hall–Kier alpha value is -1.88. The van der Waals surface area contributed by atoms with Crippen LogP contribution in [0.25, 0.3) is 0 Å². The largest absolute Gasteiger partial charge is 0.365 e. The van der Waals surface area contributed by atoms with Crippen LogP contribution in [0.3, 0.4) is 0 Å². The first-order chi connectivity index (χ1) is 8.19. The third kappa shape index (κ3) is 2.82. The van der Waals surface area contributed by atoms with Crippen molar-refractivity contribution < 1.29 is 4.79 Å². The molecule has 3 N–H and O–H groups in total. The maximum absolute atomic E-state index is 10.9.